The van der Waals surface area contributed by atoms with Crippen LogP contribution >= 0.6 is 22.7 Å². The summed E-state index contributed by atoms with van der Waals surface area (Å²) in [6.07, 6.45) is 0. The average molecular weight is 1120 g/mol. The fourth-order valence-electron chi connectivity index (χ4n) is 13.0. The number of para-hydroxylation sites is 1. The van der Waals surface area contributed by atoms with Crippen LogP contribution in [0, 0.1) is 0 Å². The van der Waals surface area contributed by atoms with E-state index < -0.39 is 0 Å². The normalized spacial score (nSPS) is 13.9. The minimum absolute atomic E-state index is 0.00273. The molecule has 7 heteroatoms. The monoisotopic (exact) mass is 1120 g/mol. The van der Waals surface area contributed by atoms with Crippen molar-refractivity contribution in [1.82, 2.24) is 0 Å². The zero-order valence-corrected chi connectivity index (χ0v) is 52.5. The van der Waals surface area contributed by atoms with Crippen molar-refractivity contribution in [2.45, 2.75) is 131 Å². The molecule has 2 aliphatic heterocycles. The highest BCUT2D eigenvalue weighted by Crippen LogP contribution is 2.55. The van der Waals surface area contributed by atoms with Gasteiger partial charge in [-0.25, -0.2) is 0 Å². The average Bonchev–Trinajstić information content (AvgIpc) is 1.90. The summed E-state index contributed by atoms with van der Waals surface area (Å²) in [7, 11) is 0. The van der Waals surface area contributed by atoms with Crippen molar-refractivity contribution < 1.29 is 4.42 Å². The van der Waals surface area contributed by atoms with Crippen molar-refractivity contribution in [3.05, 3.63) is 204 Å². The van der Waals surface area contributed by atoms with E-state index in [1.807, 2.05) is 22.7 Å². The molecule has 414 valence electrons. The number of anilines is 8. The minimum atomic E-state index is -0.178. The second-order valence-corrected chi connectivity index (χ2v) is 30.9. The molecule has 0 unspecified atom stereocenters. The van der Waals surface area contributed by atoms with Gasteiger partial charge in [0.2, 0.25) is 0 Å². The number of benzene rings is 9. The third-order valence-electron chi connectivity index (χ3n) is 17.8. The molecule has 0 spiro atoms. The molecular weight excluding hydrogens is 1050 g/mol. The Labute approximate surface area is 499 Å². The van der Waals surface area contributed by atoms with E-state index in [0.29, 0.717) is 0 Å². The highest BCUT2D eigenvalue weighted by Gasteiger charge is 2.49. The van der Waals surface area contributed by atoms with Gasteiger partial charge in [-0.05, 0) is 157 Å². The van der Waals surface area contributed by atoms with Crippen LogP contribution in [0.3, 0.4) is 0 Å². The molecule has 5 heterocycles. The van der Waals surface area contributed by atoms with Crippen molar-refractivity contribution >= 4 is 137 Å². The van der Waals surface area contributed by atoms with E-state index in [1.165, 1.54) is 102 Å². The van der Waals surface area contributed by atoms with Gasteiger partial charge in [-0.15, -0.1) is 22.7 Å². The van der Waals surface area contributed by atoms with Crippen molar-refractivity contribution in [3.8, 4) is 11.1 Å². The SMILES string of the molecule is CC(C)(C)c1ccc(N2B3c4sc5ccc(C(C)(C)C)cc5c4N(c4ccc(C(C)(C)C)cc4)c4cc5c(oc6ccccc65)c(c43)-c3cc4c(cc32)sc2cc(N(c3ccc(C(C)(C)C)cc3)c3ccc(C(C)(C)C)cc3)ccc24)cc1. The van der Waals surface area contributed by atoms with Gasteiger partial charge in [-0.1, -0.05) is 183 Å². The number of nitrogens with zero attached hydrogens (tertiary/aromatic N) is 3. The standard InChI is InChI=1S/C76H74BN3OS2/c1-72(2,3)45-20-29-50(30-21-45)78(51-31-22-46(23-32-51)73(4,5)6)54-37-38-56-57-42-59-61(44-66(57)82-65(56)41-54)80(53-35-26-48(27-36-53)75(10,11)12)77-68-62(43-58-55-18-16-17-19-63(55)81-70(58)67(59)68)79(52-33-24-47(25-34-52)74(7,8)9)69-60-40-49(76(13,14)15)28-39-64(60)83-71(69)77/h16-44H,1-15H3. The predicted octanol–water partition coefficient (Wildman–Crippen LogP) is 21.8. The topological polar surface area (TPSA) is 22.9 Å². The lowest BCUT2D eigenvalue weighted by Crippen LogP contribution is -2.60. The lowest BCUT2D eigenvalue weighted by Gasteiger charge is -2.44. The molecule has 0 saturated heterocycles. The smallest absolute Gasteiger partial charge is 0.343 e. The summed E-state index contributed by atoms with van der Waals surface area (Å²) in [4.78, 5) is 7.75. The van der Waals surface area contributed by atoms with Crippen molar-refractivity contribution in [2.75, 3.05) is 14.6 Å². The third kappa shape index (κ3) is 8.73. The second-order valence-electron chi connectivity index (χ2n) is 28.7. The van der Waals surface area contributed by atoms with Gasteiger partial charge in [-0.2, -0.15) is 0 Å². The molecule has 0 atom stereocenters. The molecular formula is C76H74BN3OS2. The zero-order valence-electron chi connectivity index (χ0n) is 50.9. The van der Waals surface area contributed by atoms with Crippen LogP contribution in [-0.2, 0) is 27.1 Å². The Hall–Kier alpha value is -7.58. The summed E-state index contributed by atoms with van der Waals surface area (Å²) in [5.41, 5.74) is 21.5. The van der Waals surface area contributed by atoms with E-state index in [4.69, 9.17) is 4.42 Å². The summed E-state index contributed by atoms with van der Waals surface area (Å²) in [5.74, 6) is 0. The van der Waals surface area contributed by atoms with Crippen LogP contribution in [0.25, 0.3) is 63.3 Å². The van der Waals surface area contributed by atoms with Crippen LogP contribution in [0.5, 0.6) is 0 Å². The van der Waals surface area contributed by atoms with E-state index in [0.717, 1.165) is 44.7 Å². The molecule has 0 radical (unpaired) electrons. The molecule has 0 amide bonds. The Morgan fingerprint density at radius 2 is 0.916 bits per heavy atom. The second kappa shape index (κ2) is 18.5. The van der Waals surface area contributed by atoms with Gasteiger partial charge >= 0.3 is 6.85 Å². The van der Waals surface area contributed by atoms with Crippen LogP contribution in [0.1, 0.15) is 132 Å². The Morgan fingerprint density at radius 3 is 1.49 bits per heavy atom. The molecule has 83 heavy (non-hydrogen) atoms. The molecule has 12 aromatic rings. The fraction of sp³-hybridized carbons (Fsp3) is 0.263. The molecule has 3 aromatic heterocycles. The molecule has 0 bridgehead atoms. The largest absolute Gasteiger partial charge is 0.455 e. The maximum Gasteiger partial charge on any atom is 0.343 e. The first-order chi connectivity index (χ1) is 39.3. The van der Waals surface area contributed by atoms with Crippen molar-refractivity contribution in [1.29, 1.82) is 0 Å². The molecule has 9 aromatic carbocycles. The lowest BCUT2D eigenvalue weighted by atomic mass is 9.46. The summed E-state index contributed by atoms with van der Waals surface area (Å²) in [6.45, 7) is 34.4. The van der Waals surface area contributed by atoms with Gasteiger partial charge in [0.05, 0.1) is 5.69 Å². The molecule has 0 aliphatic carbocycles. The van der Waals surface area contributed by atoms with Gasteiger partial charge in [0.15, 0.2) is 0 Å². The van der Waals surface area contributed by atoms with E-state index >= 15 is 0 Å². The van der Waals surface area contributed by atoms with E-state index in [-0.39, 0.29) is 33.9 Å². The first kappa shape index (κ1) is 53.4. The van der Waals surface area contributed by atoms with Gasteiger partial charge in [0, 0.05) is 96.7 Å². The number of rotatable bonds is 5. The molecule has 4 nitrogen and oxygen atoms in total. The number of furan rings is 1. The fourth-order valence-corrected chi connectivity index (χ4v) is 15.4. The number of hydrogen-bond donors (Lipinski definition) is 0. The van der Waals surface area contributed by atoms with Crippen LogP contribution in [-0.4, -0.2) is 6.85 Å². The number of hydrogen-bond acceptors (Lipinski definition) is 6. The number of fused-ring (bicyclic) bond motifs is 13. The van der Waals surface area contributed by atoms with E-state index in [1.54, 1.807) is 0 Å². The van der Waals surface area contributed by atoms with Crippen molar-refractivity contribution in [3.63, 3.8) is 0 Å². The molecule has 0 fully saturated rings. The highest BCUT2D eigenvalue weighted by atomic mass is 32.1. The maximum absolute atomic E-state index is 7.29. The third-order valence-corrected chi connectivity index (χ3v) is 20.2. The predicted molar refractivity (Wildman–Crippen MR) is 364 cm³/mol. The number of thiophene rings is 2. The quantitative estimate of drug-likeness (QED) is 0.160. The van der Waals surface area contributed by atoms with Crippen LogP contribution < -0.4 is 24.9 Å². The summed E-state index contributed by atoms with van der Waals surface area (Å²) >= 11 is 3.85. The maximum atomic E-state index is 7.29. The highest BCUT2D eigenvalue weighted by molar-refractivity contribution is 7.32. The minimum Gasteiger partial charge on any atom is -0.455 e. The van der Waals surface area contributed by atoms with Gasteiger partial charge in [0.25, 0.3) is 0 Å². The molecule has 0 saturated carbocycles. The lowest BCUT2D eigenvalue weighted by molar-refractivity contribution is 0.590. The Morgan fingerprint density at radius 1 is 0.398 bits per heavy atom. The Kier molecular flexibility index (Phi) is 11.9. The summed E-state index contributed by atoms with van der Waals surface area (Å²) in [6, 6.07) is 67.8. The Balaban J connectivity index is 1.06. The molecule has 0 N–H and O–H groups in total. The summed E-state index contributed by atoms with van der Waals surface area (Å²) < 4.78 is 12.4. The van der Waals surface area contributed by atoms with Gasteiger partial charge in [0.1, 0.15) is 11.2 Å². The van der Waals surface area contributed by atoms with Gasteiger partial charge in [-0.3, -0.25) is 0 Å². The van der Waals surface area contributed by atoms with Crippen LogP contribution in [0.4, 0.5) is 45.5 Å². The van der Waals surface area contributed by atoms with Crippen LogP contribution in [0.2, 0.25) is 0 Å². The Bertz CT molecular complexity index is 4510. The molecule has 14 rings (SSSR count). The molecule has 2 aliphatic rings. The van der Waals surface area contributed by atoms with Crippen LogP contribution in [0.15, 0.2) is 180 Å². The first-order valence-electron chi connectivity index (χ1n) is 29.7. The van der Waals surface area contributed by atoms with E-state index in [9.17, 15) is 0 Å². The zero-order chi connectivity index (χ0) is 58.0. The summed E-state index contributed by atoms with van der Waals surface area (Å²) in [5, 5.41) is 6.04. The van der Waals surface area contributed by atoms with Crippen molar-refractivity contribution in [2.24, 2.45) is 0 Å². The first-order valence-corrected chi connectivity index (χ1v) is 31.3. The van der Waals surface area contributed by atoms with Gasteiger partial charge < -0.3 is 19.0 Å². The van der Waals surface area contributed by atoms with E-state index in [2.05, 4.69) is 294 Å².